The Morgan fingerprint density at radius 1 is 1.18 bits per heavy atom. The molecule has 28 heavy (non-hydrogen) atoms. The predicted molar refractivity (Wildman–Crippen MR) is 109 cm³/mol. The third-order valence-corrected chi connectivity index (χ3v) is 4.55. The summed E-state index contributed by atoms with van der Waals surface area (Å²) in [7, 11) is 0. The first-order valence-corrected chi connectivity index (χ1v) is 9.39. The summed E-state index contributed by atoms with van der Waals surface area (Å²) in [5.74, 6) is -0.114. The van der Waals surface area contributed by atoms with Crippen LogP contribution < -0.4 is 5.32 Å². The molecule has 0 radical (unpaired) electrons. The maximum absolute atomic E-state index is 13.1. The van der Waals surface area contributed by atoms with Gasteiger partial charge in [-0.15, -0.1) is 0 Å². The minimum absolute atomic E-state index is 0.0423. The summed E-state index contributed by atoms with van der Waals surface area (Å²) in [4.78, 5) is 14.6. The third kappa shape index (κ3) is 4.80. The van der Waals surface area contributed by atoms with Crippen LogP contribution in [0.3, 0.4) is 0 Å². The summed E-state index contributed by atoms with van der Waals surface area (Å²) in [6.45, 7) is 5.15. The lowest BCUT2D eigenvalue weighted by Gasteiger charge is -2.32. The Morgan fingerprint density at radius 2 is 1.93 bits per heavy atom. The van der Waals surface area contributed by atoms with Gasteiger partial charge in [0.2, 0.25) is 0 Å². The molecule has 5 heteroatoms. The molecule has 1 aliphatic heterocycles. The van der Waals surface area contributed by atoms with Gasteiger partial charge in [0.25, 0.3) is 5.91 Å². The Morgan fingerprint density at radius 3 is 2.64 bits per heavy atom. The number of allylic oxidation sites excluding steroid dienone is 2. The van der Waals surface area contributed by atoms with E-state index in [-0.39, 0.29) is 17.5 Å². The van der Waals surface area contributed by atoms with Crippen molar-refractivity contribution in [2.75, 3.05) is 6.54 Å². The van der Waals surface area contributed by atoms with Gasteiger partial charge < -0.3 is 15.3 Å². The van der Waals surface area contributed by atoms with Gasteiger partial charge in [0.05, 0.1) is 0 Å². The number of hydrogen-bond donors (Lipinski definition) is 2. The Kier molecular flexibility index (Phi) is 6.14. The summed E-state index contributed by atoms with van der Waals surface area (Å²) in [6, 6.07) is 13.4. The van der Waals surface area contributed by atoms with Crippen LogP contribution in [-0.4, -0.2) is 28.5 Å². The van der Waals surface area contributed by atoms with Crippen LogP contribution in [0.4, 0.5) is 4.39 Å². The van der Waals surface area contributed by atoms with E-state index in [2.05, 4.69) is 19.2 Å². The second-order valence-corrected chi connectivity index (χ2v) is 7.35. The lowest BCUT2D eigenvalue weighted by atomic mass is 10.0. The topological polar surface area (TPSA) is 52.6 Å². The van der Waals surface area contributed by atoms with E-state index in [0.717, 1.165) is 16.7 Å². The zero-order chi connectivity index (χ0) is 20.1. The smallest absolute Gasteiger partial charge is 0.250 e. The zero-order valence-electron chi connectivity index (χ0n) is 16.1. The highest BCUT2D eigenvalue weighted by Gasteiger charge is 2.29. The number of rotatable bonds is 6. The quantitative estimate of drug-likeness (QED) is 0.781. The van der Waals surface area contributed by atoms with Gasteiger partial charge in [-0.1, -0.05) is 44.2 Å². The summed E-state index contributed by atoms with van der Waals surface area (Å²) < 4.78 is 13.1. The number of nitrogens with one attached hydrogen (secondary N) is 1. The van der Waals surface area contributed by atoms with Crippen LogP contribution in [0.5, 0.6) is 0 Å². The Balaban J connectivity index is 1.68. The van der Waals surface area contributed by atoms with Crippen LogP contribution in [0, 0.1) is 11.7 Å². The molecule has 2 aromatic carbocycles. The van der Waals surface area contributed by atoms with Crippen molar-refractivity contribution in [2.45, 2.75) is 26.4 Å². The van der Waals surface area contributed by atoms with Crippen LogP contribution in [0.2, 0.25) is 0 Å². The van der Waals surface area contributed by atoms with Gasteiger partial charge in [0.1, 0.15) is 11.6 Å². The average molecular weight is 380 g/mol. The molecule has 1 heterocycles. The molecule has 4 nitrogen and oxygen atoms in total. The highest BCUT2D eigenvalue weighted by Crippen LogP contribution is 2.21. The Labute approximate surface area is 165 Å². The van der Waals surface area contributed by atoms with Crippen molar-refractivity contribution >= 4 is 5.91 Å². The SMILES string of the molecule is CC(C)CN1C=CC=C(O)C1C(=O)NCc1cccc(-c2ccc(F)cc2)c1. The minimum Gasteiger partial charge on any atom is -0.510 e. The molecule has 1 atom stereocenters. The molecule has 3 rings (SSSR count). The van der Waals surface area contributed by atoms with E-state index in [4.69, 9.17) is 0 Å². The minimum atomic E-state index is -0.715. The summed E-state index contributed by atoms with van der Waals surface area (Å²) in [6.07, 6.45) is 5.13. The van der Waals surface area contributed by atoms with Gasteiger partial charge in [-0.05, 0) is 53.0 Å². The van der Waals surface area contributed by atoms with E-state index in [9.17, 15) is 14.3 Å². The number of carbonyl (C=O) groups excluding carboxylic acids is 1. The van der Waals surface area contributed by atoms with Crippen molar-refractivity contribution in [3.05, 3.63) is 84.0 Å². The van der Waals surface area contributed by atoms with E-state index in [0.29, 0.717) is 19.0 Å². The van der Waals surface area contributed by atoms with E-state index in [1.165, 1.54) is 12.1 Å². The van der Waals surface area contributed by atoms with Gasteiger partial charge in [-0.2, -0.15) is 0 Å². The molecule has 0 aromatic heterocycles. The molecule has 2 aromatic rings. The highest BCUT2D eigenvalue weighted by molar-refractivity contribution is 5.85. The van der Waals surface area contributed by atoms with Crippen molar-refractivity contribution in [3.63, 3.8) is 0 Å². The Hall–Kier alpha value is -3.08. The zero-order valence-corrected chi connectivity index (χ0v) is 16.1. The summed E-state index contributed by atoms with van der Waals surface area (Å²) in [5, 5.41) is 13.1. The molecule has 1 unspecified atom stereocenters. The largest absolute Gasteiger partial charge is 0.510 e. The van der Waals surface area contributed by atoms with E-state index in [1.54, 1.807) is 24.3 Å². The fourth-order valence-corrected chi connectivity index (χ4v) is 3.26. The Bertz CT molecular complexity index is 888. The molecule has 0 saturated carbocycles. The number of hydrogen-bond acceptors (Lipinski definition) is 3. The number of carbonyl (C=O) groups is 1. The van der Waals surface area contributed by atoms with E-state index >= 15 is 0 Å². The summed E-state index contributed by atoms with van der Waals surface area (Å²) in [5.41, 5.74) is 2.80. The second-order valence-electron chi connectivity index (χ2n) is 7.35. The standard InChI is InChI=1S/C23H25FN2O2/c1-16(2)15-26-12-4-7-21(27)22(26)23(28)25-14-17-5-3-6-19(13-17)18-8-10-20(24)11-9-18/h3-13,16,22,27H,14-15H2,1-2H3,(H,25,28). The van der Waals surface area contributed by atoms with E-state index < -0.39 is 6.04 Å². The maximum Gasteiger partial charge on any atom is 0.250 e. The van der Waals surface area contributed by atoms with Gasteiger partial charge >= 0.3 is 0 Å². The lowest BCUT2D eigenvalue weighted by molar-refractivity contribution is -0.125. The molecule has 1 amide bonds. The van der Waals surface area contributed by atoms with Crippen LogP contribution in [0.1, 0.15) is 19.4 Å². The van der Waals surface area contributed by atoms with Crippen molar-refractivity contribution in [2.24, 2.45) is 5.92 Å². The molecule has 0 fully saturated rings. The fourth-order valence-electron chi connectivity index (χ4n) is 3.26. The van der Waals surface area contributed by atoms with Crippen LogP contribution in [-0.2, 0) is 11.3 Å². The van der Waals surface area contributed by atoms with Crippen molar-refractivity contribution in [3.8, 4) is 11.1 Å². The van der Waals surface area contributed by atoms with Gasteiger partial charge in [0.15, 0.2) is 6.04 Å². The summed E-state index contributed by atoms with van der Waals surface area (Å²) >= 11 is 0. The number of benzene rings is 2. The first-order chi connectivity index (χ1) is 13.4. The van der Waals surface area contributed by atoms with Crippen molar-refractivity contribution in [1.82, 2.24) is 10.2 Å². The lowest BCUT2D eigenvalue weighted by Crippen LogP contribution is -2.47. The first-order valence-electron chi connectivity index (χ1n) is 9.39. The second kappa shape index (κ2) is 8.74. The fraction of sp³-hybridized carbons (Fsp3) is 0.261. The molecule has 2 N–H and O–H groups in total. The first kappa shape index (κ1) is 19.7. The van der Waals surface area contributed by atoms with Crippen LogP contribution >= 0.6 is 0 Å². The average Bonchev–Trinajstić information content (AvgIpc) is 2.66. The molecule has 0 spiro atoms. The third-order valence-electron chi connectivity index (χ3n) is 4.55. The van der Waals surface area contributed by atoms with Crippen molar-refractivity contribution in [1.29, 1.82) is 0 Å². The number of aliphatic hydroxyl groups is 1. The van der Waals surface area contributed by atoms with E-state index in [1.807, 2.05) is 35.4 Å². The molecular formula is C23H25FN2O2. The van der Waals surface area contributed by atoms with Gasteiger partial charge in [-0.3, -0.25) is 4.79 Å². The van der Waals surface area contributed by atoms with Gasteiger partial charge in [0, 0.05) is 19.3 Å². The maximum atomic E-state index is 13.1. The number of nitrogens with zero attached hydrogens (tertiary/aromatic N) is 1. The van der Waals surface area contributed by atoms with Crippen LogP contribution in [0.25, 0.3) is 11.1 Å². The normalized spacial score (nSPS) is 16.2. The monoisotopic (exact) mass is 380 g/mol. The number of aliphatic hydroxyl groups excluding tert-OH is 1. The molecule has 0 bridgehead atoms. The highest BCUT2D eigenvalue weighted by atomic mass is 19.1. The number of halogens is 1. The molecule has 1 aliphatic rings. The number of amides is 1. The van der Waals surface area contributed by atoms with Gasteiger partial charge in [-0.25, -0.2) is 4.39 Å². The molecular weight excluding hydrogens is 355 g/mol. The van der Waals surface area contributed by atoms with Crippen molar-refractivity contribution < 1.29 is 14.3 Å². The predicted octanol–water partition coefficient (Wildman–Crippen LogP) is 4.40. The molecule has 0 saturated heterocycles. The molecule has 146 valence electrons. The van der Waals surface area contributed by atoms with Crippen LogP contribution in [0.15, 0.2) is 72.6 Å². The molecule has 0 aliphatic carbocycles.